The number of carbonyl (C=O) groups is 1. The molecule has 0 spiro atoms. The van der Waals surface area contributed by atoms with Crippen LogP contribution in [0, 0.1) is 10.1 Å². The lowest BCUT2D eigenvalue weighted by Crippen LogP contribution is -2.53. The van der Waals surface area contributed by atoms with Gasteiger partial charge in [0, 0.05) is 6.54 Å². The van der Waals surface area contributed by atoms with E-state index < -0.39 is 28.3 Å². The number of hydrogen-bond acceptors (Lipinski definition) is 5. The Morgan fingerprint density at radius 2 is 2.22 bits per heavy atom. The van der Waals surface area contributed by atoms with E-state index in [1.165, 1.54) is 22.7 Å². The van der Waals surface area contributed by atoms with E-state index in [0.29, 0.717) is 13.0 Å². The van der Waals surface area contributed by atoms with Gasteiger partial charge in [-0.05, 0) is 34.1 Å². The summed E-state index contributed by atoms with van der Waals surface area (Å²) in [5.74, 6) is 0. The van der Waals surface area contributed by atoms with E-state index in [1.807, 2.05) is 0 Å². The first-order valence-electron chi connectivity index (χ1n) is 7.35. The lowest BCUT2D eigenvalue weighted by molar-refractivity contribution is -0.385. The van der Waals surface area contributed by atoms with E-state index in [1.54, 1.807) is 20.8 Å². The highest BCUT2D eigenvalue weighted by molar-refractivity contribution is 5.68. The van der Waals surface area contributed by atoms with E-state index in [9.17, 15) is 19.3 Å². The van der Waals surface area contributed by atoms with Crippen molar-refractivity contribution in [1.29, 1.82) is 0 Å². The maximum Gasteiger partial charge on any atom is 0.410 e. The molecular weight excluding hydrogens is 307 g/mol. The first kappa shape index (κ1) is 17.2. The Hall–Kier alpha value is -2.19. The zero-order chi connectivity index (χ0) is 17.4. The van der Waals surface area contributed by atoms with Gasteiger partial charge in [0.15, 0.2) is 0 Å². The number of halogens is 1. The second-order valence-electron chi connectivity index (χ2n) is 6.92. The second kappa shape index (κ2) is 5.78. The molecule has 2 atom stereocenters. The van der Waals surface area contributed by atoms with E-state index in [0.717, 1.165) is 6.20 Å². The molecule has 23 heavy (non-hydrogen) atoms. The molecular formula is C14H21FN4O4. The smallest absolute Gasteiger partial charge is 0.410 e. The first-order chi connectivity index (χ1) is 10.5. The third kappa shape index (κ3) is 3.96. The summed E-state index contributed by atoms with van der Waals surface area (Å²) in [6.45, 7) is 6.74. The number of aromatic nitrogens is 2. The normalized spacial score (nSPS) is 25.3. The molecule has 2 rings (SSSR count). The van der Waals surface area contributed by atoms with Crippen LogP contribution in [0.5, 0.6) is 0 Å². The van der Waals surface area contributed by atoms with Crippen LogP contribution in [0.3, 0.4) is 0 Å². The molecule has 128 valence electrons. The van der Waals surface area contributed by atoms with Crippen LogP contribution < -0.4 is 0 Å². The Balaban J connectivity index is 2.10. The second-order valence-corrected chi connectivity index (χ2v) is 6.92. The van der Waals surface area contributed by atoms with Crippen LogP contribution in [0.2, 0.25) is 0 Å². The van der Waals surface area contributed by atoms with Gasteiger partial charge in [0.1, 0.15) is 23.7 Å². The molecule has 0 N–H and O–H groups in total. The molecule has 1 aliphatic heterocycles. The number of likely N-dealkylation sites (tertiary alicyclic amines) is 1. The fraction of sp³-hybridized carbons (Fsp3) is 0.714. The Labute approximate surface area is 133 Å². The third-order valence-corrected chi connectivity index (χ3v) is 3.64. The number of hydrogen-bond donors (Lipinski definition) is 0. The standard InChI is InChI=1S/C14H21FN4O4/c1-13(2,3)23-12(20)17-6-5-11(14(4,15)9-17)18-8-10(7-16-18)19(21)22/h7-8,11H,5-6,9H2,1-4H3. The minimum atomic E-state index is -1.77. The Morgan fingerprint density at radius 1 is 1.57 bits per heavy atom. The molecule has 1 amide bonds. The summed E-state index contributed by atoms with van der Waals surface area (Å²) in [7, 11) is 0. The molecule has 0 radical (unpaired) electrons. The molecule has 0 bridgehead atoms. The SMILES string of the molecule is CC(C)(C)OC(=O)N1CCC(n2cc([N+](=O)[O-])cn2)C(C)(F)C1. The highest BCUT2D eigenvalue weighted by atomic mass is 19.1. The van der Waals surface area contributed by atoms with Crippen LogP contribution in [-0.4, -0.2) is 50.1 Å². The lowest BCUT2D eigenvalue weighted by atomic mass is 9.91. The highest BCUT2D eigenvalue weighted by Gasteiger charge is 2.44. The van der Waals surface area contributed by atoms with Crippen LogP contribution in [-0.2, 0) is 4.74 Å². The average molecular weight is 328 g/mol. The zero-order valence-electron chi connectivity index (χ0n) is 13.7. The van der Waals surface area contributed by atoms with Crippen LogP contribution >= 0.6 is 0 Å². The summed E-state index contributed by atoms with van der Waals surface area (Å²) in [4.78, 5) is 23.5. The van der Waals surface area contributed by atoms with Gasteiger partial charge in [0.25, 0.3) is 0 Å². The molecule has 9 heteroatoms. The summed E-state index contributed by atoms with van der Waals surface area (Å²) in [5, 5.41) is 14.6. The van der Waals surface area contributed by atoms with Gasteiger partial charge < -0.3 is 9.64 Å². The average Bonchev–Trinajstić information content (AvgIpc) is 2.84. The molecule has 2 unspecified atom stereocenters. The quantitative estimate of drug-likeness (QED) is 0.615. The van der Waals surface area contributed by atoms with E-state index in [4.69, 9.17) is 4.74 Å². The molecule has 1 fully saturated rings. The largest absolute Gasteiger partial charge is 0.444 e. The minimum Gasteiger partial charge on any atom is -0.444 e. The predicted molar refractivity (Wildman–Crippen MR) is 79.9 cm³/mol. The van der Waals surface area contributed by atoms with Crippen LogP contribution in [0.25, 0.3) is 0 Å². The Bertz CT molecular complexity index is 608. The number of nitrogens with zero attached hydrogens (tertiary/aromatic N) is 4. The predicted octanol–water partition coefficient (Wildman–Crippen LogP) is 2.70. The maximum absolute atomic E-state index is 15.0. The number of nitro groups is 1. The Morgan fingerprint density at radius 3 is 2.70 bits per heavy atom. The highest BCUT2D eigenvalue weighted by Crippen LogP contribution is 2.35. The topological polar surface area (TPSA) is 90.5 Å². The van der Waals surface area contributed by atoms with Crippen molar-refractivity contribution in [2.75, 3.05) is 13.1 Å². The van der Waals surface area contributed by atoms with Crippen molar-refractivity contribution < 1.29 is 18.8 Å². The van der Waals surface area contributed by atoms with Gasteiger partial charge in [0.05, 0.1) is 17.5 Å². The van der Waals surface area contributed by atoms with E-state index >= 15 is 0 Å². The van der Waals surface area contributed by atoms with Gasteiger partial charge in [-0.3, -0.25) is 14.8 Å². The first-order valence-corrected chi connectivity index (χ1v) is 7.35. The van der Waals surface area contributed by atoms with Crippen molar-refractivity contribution >= 4 is 11.8 Å². The summed E-state index contributed by atoms with van der Waals surface area (Å²) in [6, 6.07) is -0.671. The number of piperidine rings is 1. The molecule has 1 saturated heterocycles. The van der Waals surface area contributed by atoms with Gasteiger partial charge >= 0.3 is 11.8 Å². The van der Waals surface area contributed by atoms with Crippen molar-refractivity contribution in [2.45, 2.75) is 51.4 Å². The fourth-order valence-corrected chi connectivity index (χ4v) is 2.62. The number of alkyl halides is 1. The summed E-state index contributed by atoms with van der Waals surface area (Å²) in [6.07, 6.45) is 2.04. The molecule has 1 aliphatic rings. The van der Waals surface area contributed by atoms with Crippen molar-refractivity contribution in [3.63, 3.8) is 0 Å². The zero-order valence-corrected chi connectivity index (χ0v) is 13.7. The molecule has 0 aromatic carbocycles. The van der Waals surface area contributed by atoms with Crippen molar-refractivity contribution in [2.24, 2.45) is 0 Å². The van der Waals surface area contributed by atoms with Crippen LogP contribution in [0.1, 0.15) is 40.2 Å². The van der Waals surface area contributed by atoms with Gasteiger partial charge in [-0.1, -0.05) is 0 Å². The number of rotatable bonds is 2. The van der Waals surface area contributed by atoms with Gasteiger partial charge in [-0.25, -0.2) is 9.18 Å². The molecule has 0 saturated carbocycles. The summed E-state index contributed by atoms with van der Waals surface area (Å²) >= 11 is 0. The van der Waals surface area contributed by atoms with Gasteiger partial charge in [-0.15, -0.1) is 0 Å². The molecule has 1 aromatic heterocycles. The van der Waals surface area contributed by atoms with E-state index in [2.05, 4.69) is 5.10 Å². The van der Waals surface area contributed by atoms with Crippen LogP contribution in [0.15, 0.2) is 12.4 Å². The summed E-state index contributed by atoms with van der Waals surface area (Å²) < 4.78 is 21.5. The van der Waals surface area contributed by atoms with Crippen molar-refractivity contribution in [3.8, 4) is 0 Å². The van der Waals surface area contributed by atoms with Crippen LogP contribution in [0.4, 0.5) is 14.9 Å². The van der Waals surface area contributed by atoms with Crippen molar-refractivity contribution in [3.05, 3.63) is 22.5 Å². The number of ether oxygens (including phenoxy) is 1. The van der Waals surface area contributed by atoms with Gasteiger partial charge in [0.2, 0.25) is 0 Å². The van der Waals surface area contributed by atoms with Gasteiger partial charge in [-0.2, -0.15) is 5.10 Å². The minimum absolute atomic E-state index is 0.153. The number of carbonyl (C=O) groups excluding carboxylic acids is 1. The Kier molecular flexibility index (Phi) is 4.32. The fourth-order valence-electron chi connectivity index (χ4n) is 2.62. The maximum atomic E-state index is 15.0. The monoisotopic (exact) mass is 328 g/mol. The van der Waals surface area contributed by atoms with E-state index in [-0.39, 0.29) is 12.2 Å². The molecule has 8 nitrogen and oxygen atoms in total. The van der Waals surface area contributed by atoms with Crippen molar-refractivity contribution in [1.82, 2.24) is 14.7 Å². The third-order valence-electron chi connectivity index (χ3n) is 3.64. The molecule has 2 heterocycles. The molecule has 0 aliphatic carbocycles. The lowest BCUT2D eigenvalue weighted by Gasteiger charge is -2.41. The molecule has 1 aromatic rings. The number of amides is 1. The summed E-state index contributed by atoms with van der Waals surface area (Å²) in [5.41, 5.74) is -2.60.